The number of thiophene rings is 1. The van der Waals surface area contributed by atoms with Gasteiger partial charge in [-0.2, -0.15) is 0 Å². The lowest BCUT2D eigenvalue weighted by molar-refractivity contribution is 0.265. The van der Waals surface area contributed by atoms with E-state index in [1.54, 1.807) is 0 Å². The molecule has 2 heterocycles. The summed E-state index contributed by atoms with van der Waals surface area (Å²) < 4.78 is 1.22. The zero-order chi connectivity index (χ0) is 9.97. The van der Waals surface area contributed by atoms with Crippen molar-refractivity contribution < 1.29 is 0 Å². The molecule has 4 heteroatoms. The molecule has 0 saturated carbocycles. The van der Waals surface area contributed by atoms with Crippen LogP contribution in [0.15, 0.2) is 15.9 Å². The van der Waals surface area contributed by atoms with Gasteiger partial charge in [0.1, 0.15) is 0 Å². The lowest BCUT2D eigenvalue weighted by Gasteiger charge is -2.21. The number of hydrogen-bond donors (Lipinski definition) is 0. The van der Waals surface area contributed by atoms with Crippen LogP contribution in [0.2, 0.25) is 0 Å². The minimum atomic E-state index is 0.595. The SMILES string of the molecule is ClCC1CCCN1Cc1ccc(Br)s1. The first-order valence-corrected chi connectivity index (χ1v) is 6.98. The molecule has 0 spiro atoms. The van der Waals surface area contributed by atoms with Crippen molar-refractivity contribution in [2.24, 2.45) is 0 Å². The second-order valence-electron chi connectivity index (χ2n) is 3.63. The van der Waals surface area contributed by atoms with E-state index in [0.717, 1.165) is 12.4 Å². The molecule has 1 saturated heterocycles. The molecule has 1 atom stereocenters. The fourth-order valence-electron chi connectivity index (χ4n) is 1.91. The van der Waals surface area contributed by atoms with E-state index < -0.39 is 0 Å². The Morgan fingerprint density at radius 2 is 2.43 bits per heavy atom. The van der Waals surface area contributed by atoms with E-state index in [1.165, 1.54) is 28.0 Å². The Bertz CT molecular complexity index is 302. The van der Waals surface area contributed by atoms with E-state index in [1.807, 2.05) is 11.3 Å². The van der Waals surface area contributed by atoms with Crippen LogP contribution in [0.1, 0.15) is 17.7 Å². The Balaban J connectivity index is 1.96. The lowest BCUT2D eigenvalue weighted by atomic mass is 10.2. The quantitative estimate of drug-likeness (QED) is 0.768. The van der Waals surface area contributed by atoms with Gasteiger partial charge in [0.05, 0.1) is 3.79 Å². The minimum Gasteiger partial charge on any atom is -0.294 e. The van der Waals surface area contributed by atoms with Crippen molar-refractivity contribution in [1.82, 2.24) is 4.90 Å². The first-order valence-electron chi connectivity index (χ1n) is 4.84. The molecule has 1 unspecified atom stereocenters. The van der Waals surface area contributed by atoms with Crippen molar-refractivity contribution in [3.63, 3.8) is 0 Å². The van der Waals surface area contributed by atoms with Crippen molar-refractivity contribution >= 4 is 38.9 Å². The van der Waals surface area contributed by atoms with Gasteiger partial charge in [-0.05, 0) is 47.4 Å². The first-order chi connectivity index (χ1) is 6.79. The zero-order valence-electron chi connectivity index (χ0n) is 7.88. The van der Waals surface area contributed by atoms with Crippen LogP contribution >= 0.6 is 38.9 Å². The van der Waals surface area contributed by atoms with Crippen LogP contribution in [0.25, 0.3) is 0 Å². The topological polar surface area (TPSA) is 3.24 Å². The molecule has 1 aromatic heterocycles. The molecule has 0 aromatic carbocycles. The molecule has 1 aromatic rings. The van der Waals surface area contributed by atoms with Crippen LogP contribution in [0.3, 0.4) is 0 Å². The lowest BCUT2D eigenvalue weighted by Crippen LogP contribution is -2.29. The van der Waals surface area contributed by atoms with Gasteiger partial charge in [0.15, 0.2) is 0 Å². The molecule has 0 aliphatic carbocycles. The Hall–Kier alpha value is 0.430. The van der Waals surface area contributed by atoms with E-state index in [-0.39, 0.29) is 0 Å². The second-order valence-corrected chi connectivity index (χ2v) is 6.48. The standard InChI is InChI=1S/C10H13BrClNS/c11-10-4-3-9(14-10)7-13-5-1-2-8(13)6-12/h3-4,8H,1-2,5-7H2. The molecule has 0 N–H and O–H groups in total. The predicted octanol–water partition coefficient (Wildman–Crippen LogP) is 3.71. The molecule has 2 rings (SSSR count). The first kappa shape index (κ1) is 10.9. The van der Waals surface area contributed by atoms with Crippen LogP contribution in [0, 0.1) is 0 Å². The molecular weight excluding hydrogens is 282 g/mol. The van der Waals surface area contributed by atoms with Gasteiger partial charge >= 0.3 is 0 Å². The molecular formula is C10H13BrClNS. The summed E-state index contributed by atoms with van der Waals surface area (Å²) in [5.41, 5.74) is 0. The number of hydrogen-bond acceptors (Lipinski definition) is 2. The fourth-order valence-corrected chi connectivity index (χ4v) is 3.77. The highest BCUT2D eigenvalue weighted by Crippen LogP contribution is 2.26. The van der Waals surface area contributed by atoms with Gasteiger partial charge in [-0.25, -0.2) is 0 Å². The maximum absolute atomic E-state index is 5.93. The molecule has 78 valence electrons. The molecule has 1 fully saturated rings. The summed E-state index contributed by atoms with van der Waals surface area (Å²) in [6, 6.07) is 4.90. The summed E-state index contributed by atoms with van der Waals surface area (Å²) in [5, 5.41) is 0. The average molecular weight is 295 g/mol. The van der Waals surface area contributed by atoms with E-state index in [4.69, 9.17) is 11.6 Å². The zero-order valence-corrected chi connectivity index (χ0v) is 11.0. The number of halogens is 2. The number of nitrogens with zero attached hydrogens (tertiary/aromatic N) is 1. The van der Waals surface area contributed by atoms with Crippen molar-refractivity contribution in [3.8, 4) is 0 Å². The van der Waals surface area contributed by atoms with Gasteiger partial charge in [0.2, 0.25) is 0 Å². The Morgan fingerprint density at radius 3 is 3.07 bits per heavy atom. The number of rotatable bonds is 3. The van der Waals surface area contributed by atoms with Crippen LogP contribution < -0.4 is 0 Å². The largest absolute Gasteiger partial charge is 0.294 e. The smallest absolute Gasteiger partial charge is 0.0701 e. The third kappa shape index (κ3) is 2.51. The molecule has 0 radical (unpaired) electrons. The molecule has 0 amide bonds. The minimum absolute atomic E-state index is 0.595. The van der Waals surface area contributed by atoms with Gasteiger partial charge in [-0.1, -0.05) is 0 Å². The summed E-state index contributed by atoms with van der Waals surface area (Å²) in [5.74, 6) is 0.770. The van der Waals surface area contributed by atoms with E-state index >= 15 is 0 Å². The van der Waals surface area contributed by atoms with Gasteiger partial charge in [0, 0.05) is 23.3 Å². The molecule has 1 aliphatic heterocycles. The van der Waals surface area contributed by atoms with E-state index in [9.17, 15) is 0 Å². The monoisotopic (exact) mass is 293 g/mol. The van der Waals surface area contributed by atoms with Gasteiger partial charge in [0.25, 0.3) is 0 Å². The van der Waals surface area contributed by atoms with Gasteiger partial charge in [-0.3, -0.25) is 4.90 Å². The average Bonchev–Trinajstić information content (AvgIpc) is 2.76. The number of likely N-dealkylation sites (tertiary alicyclic amines) is 1. The van der Waals surface area contributed by atoms with Crippen LogP contribution in [-0.2, 0) is 6.54 Å². The summed E-state index contributed by atoms with van der Waals surface area (Å²) >= 11 is 11.2. The van der Waals surface area contributed by atoms with Crippen molar-refractivity contribution in [3.05, 3.63) is 20.8 Å². The van der Waals surface area contributed by atoms with Crippen LogP contribution in [-0.4, -0.2) is 23.4 Å². The Labute approximate surface area is 102 Å². The third-order valence-electron chi connectivity index (χ3n) is 2.66. The van der Waals surface area contributed by atoms with Gasteiger partial charge in [-0.15, -0.1) is 22.9 Å². The summed E-state index contributed by atoms with van der Waals surface area (Å²) in [4.78, 5) is 3.92. The summed E-state index contributed by atoms with van der Waals surface area (Å²) in [6.07, 6.45) is 2.56. The predicted molar refractivity (Wildman–Crippen MR) is 66.2 cm³/mol. The highest BCUT2D eigenvalue weighted by Gasteiger charge is 2.23. The fraction of sp³-hybridized carbons (Fsp3) is 0.600. The Morgan fingerprint density at radius 1 is 1.57 bits per heavy atom. The molecule has 14 heavy (non-hydrogen) atoms. The van der Waals surface area contributed by atoms with Crippen molar-refractivity contribution in [1.29, 1.82) is 0 Å². The Kier molecular flexibility index (Phi) is 3.88. The molecule has 0 bridgehead atoms. The van der Waals surface area contributed by atoms with Crippen molar-refractivity contribution in [2.45, 2.75) is 25.4 Å². The van der Waals surface area contributed by atoms with Crippen molar-refractivity contribution in [2.75, 3.05) is 12.4 Å². The van der Waals surface area contributed by atoms with Gasteiger partial charge < -0.3 is 0 Å². The molecule has 1 aliphatic rings. The highest BCUT2D eigenvalue weighted by molar-refractivity contribution is 9.11. The van der Waals surface area contributed by atoms with E-state index in [2.05, 4.69) is 33.0 Å². The number of alkyl halides is 1. The third-order valence-corrected chi connectivity index (χ3v) is 4.63. The maximum atomic E-state index is 5.93. The van der Waals surface area contributed by atoms with E-state index in [0.29, 0.717) is 6.04 Å². The van der Waals surface area contributed by atoms with Crippen LogP contribution in [0.5, 0.6) is 0 Å². The highest BCUT2D eigenvalue weighted by atomic mass is 79.9. The summed E-state index contributed by atoms with van der Waals surface area (Å²) in [7, 11) is 0. The summed E-state index contributed by atoms with van der Waals surface area (Å²) in [6.45, 7) is 2.26. The molecule has 1 nitrogen and oxygen atoms in total. The maximum Gasteiger partial charge on any atom is 0.0701 e. The second kappa shape index (κ2) is 4.97. The normalized spacial score (nSPS) is 23.1. The van der Waals surface area contributed by atoms with Crippen LogP contribution in [0.4, 0.5) is 0 Å².